The topological polar surface area (TPSA) is 33.1 Å². The molecule has 0 amide bonds. The van der Waals surface area contributed by atoms with Crippen LogP contribution in [-0.4, -0.2) is 10.1 Å². The lowest BCUT2D eigenvalue weighted by Crippen LogP contribution is -2.12. The van der Waals surface area contributed by atoms with E-state index in [9.17, 15) is 17.6 Å². The minimum absolute atomic E-state index is 0.460. The summed E-state index contributed by atoms with van der Waals surface area (Å²) in [6.07, 6.45) is -4.20. The molecule has 0 fully saturated rings. The third-order valence-corrected chi connectivity index (χ3v) is 1.37. The number of pyridine rings is 1. The molecule has 13 heavy (non-hydrogen) atoms. The molecule has 0 aromatic carbocycles. The van der Waals surface area contributed by atoms with Crippen LogP contribution in [0.5, 0.6) is 0 Å². The number of rotatable bonds is 1. The van der Waals surface area contributed by atoms with Crippen molar-refractivity contribution in [3.8, 4) is 0 Å². The summed E-state index contributed by atoms with van der Waals surface area (Å²) in [6.45, 7) is -0.889. The summed E-state index contributed by atoms with van der Waals surface area (Å²) in [6, 6.07) is 0.607. The van der Waals surface area contributed by atoms with Gasteiger partial charge in [0.15, 0.2) is 0 Å². The summed E-state index contributed by atoms with van der Waals surface area (Å²) >= 11 is 0. The largest absolute Gasteiger partial charge is 0.433 e. The summed E-state index contributed by atoms with van der Waals surface area (Å²) in [5, 5.41) is 8.50. The smallest absolute Gasteiger partial charge is 0.392 e. The molecule has 1 heterocycles. The van der Waals surface area contributed by atoms with Crippen molar-refractivity contribution in [2.24, 2.45) is 0 Å². The number of aliphatic hydroxyl groups excluding tert-OH is 1. The van der Waals surface area contributed by atoms with Crippen LogP contribution < -0.4 is 0 Å². The van der Waals surface area contributed by atoms with Gasteiger partial charge in [0.1, 0.15) is 11.5 Å². The SMILES string of the molecule is OCc1cc(F)cnc1C(F)(F)F. The molecule has 0 saturated carbocycles. The number of alkyl halides is 3. The average Bonchev–Trinajstić information content (AvgIpc) is 2.01. The lowest BCUT2D eigenvalue weighted by Gasteiger charge is -2.09. The van der Waals surface area contributed by atoms with E-state index in [0.717, 1.165) is 0 Å². The van der Waals surface area contributed by atoms with E-state index in [-0.39, 0.29) is 0 Å². The molecule has 1 N–H and O–H groups in total. The Kier molecular flexibility index (Phi) is 2.51. The van der Waals surface area contributed by atoms with Crippen LogP contribution in [0.2, 0.25) is 0 Å². The first-order valence-electron chi connectivity index (χ1n) is 3.27. The second kappa shape index (κ2) is 3.29. The van der Waals surface area contributed by atoms with Crippen molar-refractivity contribution in [1.29, 1.82) is 0 Å². The van der Waals surface area contributed by atoms with Crippen molar-refractivity contribution >= 4 is 0 Å². The standard InChI is InChI=1S/C7H5F4NO/c8-5-1-4(3-13)6(12-2-5)7(9,10)11/h1-2,13H,3H2. The Morgan fingerprint density at radius 1 is 1.38 bits per heavy atom. The van der Waals surface area contributed by atoms with Gasteiger partial charge in [-0.1, -0.05) is 0 Å². The molecule has 1 rings (SSSR count). The summed E-state index contributed by atoms with van der Waals surface area (Å²) in [4.78, 5) is 2.86. The lowest BCUT2D eigenvalue weighted by atomic mass is 10.2. The number of aromatic nitrogens is 1. The Morgan fingerprint density at radius 2 is 2.00 bits per heavy atom. The third kappa shape index (κ3) is 2.15. The van der Waals surface area contributed by atoms with Crippen molar-refractivity contribution in [3.05, 3.63) is 29.3 Å². The van der Waals surface area contributed by atoms with Gasteiger partial charge >= 0.3 is 6.18 Å². The molecular weight excluding hydrogens is 190 g/mol. The predicted octanol–water partition coefficient (Wildman–Crippen LogP) is 1.73. The van der Waals surface area contributed by atoms with Crippen LogP contribution in [0.4, 0.5) is 17.6 Å². The zero-order chi connectivity index (χ0) is 10.1. The first-order valence-corrected chi connectivity index (χ1v) is 3.27. The normalized spacial score (nSPS) is 11.8. The Bertz CT molecular complexity index is 310. The average molecular weight is 195 g/mol. The lowest BCUT2D eigenvalue weighted by molar-refractivity contribution is -0.142. The van der Waals surface area contributed by atoms with Crippen molar-refractivity contribution in [2.45, 2.75) is 12.8 Å². The van der Waals surface area contributed by atoms with E-state index in [1.807, 2.05) is 0 Å². The van der Waals surface area contributed by atoms with E-state index in [4.69, 9.17) is 5.11 Å². The molecule has 0 radical (unpaired) electrons. The zero-order valence-corrected chi connectivity index (χ0v) is 6.27. The highest BCUT2D eigenvalue weighted by Crippen LogP contribution is 2.30. The van der Waals surface area contributed by atoms with E-state index in [1.54, 1.807) is 0 Å². The molecular formula is C7H5F4NO. The van der Waals surface area contributed by atoms with Gasteiger partial charge < -0.3 is 5.11 Å². The van der Waals surface area contributed by atoms with E-state index >= 15 is 0 Å². The molecule has 2 nitrogen and oxygen atoms in total. The van der Waals surface area contributed by atoms with Crippen LogP contribution in [0.3, 0.4) is 0 Å². The molecule has 6 heteroatoms. The highest BCUT2D eigenvalue weighted by atomic mass is 19.4. The van der Waals surface area contributed by atoms with Gasteiger partial charge in [0.05, 0.1) is 12.8 Å². The molecule has 0 saturated heterocycles. The first kappa shape index (κ1) is 9.91. The minimum Gasteiger partial charge on any atom is -0.392 e. The van der Waals surface area contributed by atoms with Crippen molar-refractivity contribution in [1.82, 2.24) is 4.98 Å². The van der Waals surface area contributed by atoms with E-state index < -0.39 is 29.9 Å². The Labute approximate surface area is 70.8 Å². The minimum atomic E-state index is -4.66. The second-order valence-corrected chi connectivity index (χ2v) is 2.32. The fourth-order valence-electron chi connectivity index (χ4n) is 0.857. The maximum atomic E-state index is 12.4. The molecule has 0 atom stereocenters. The molecule has 72 valence electrons. The monoisotopic (exact) mass is 195 g/mol. The highest BCUT2D eigenvalue weighted by molar-refractivity contribution is 5.22. The van der Waals surface area contributed by atoms with Gasteiger partial charge in [0.25, 0.3) is 0 Å². The van der Waals surface area contributed by atoms with Crippen LogP contribution in [0.1, 0.15) is 11.3 Å². The summed E-state index contributed by atoms with van der Waals surface area (Å²) in [5.74, 6) is -0.906. The van der Waals surface area contributed by atoms with Gasteiger partial charge in [-0.05, 0) is 6.07 Å². The van der Waals surface area contributed by atoms with Gasteiger partial charge in [-0.2, -0.15) is 13.2 Å². The molecule has 0 aliphatic carbocycles. The number of hydrogen-bond donors (Lipinski definition) is 1. The highest BCUT2D eigenvalue weighted by Gasteiger charge is 2.35. The van der Waals surface area contributed by atoms with Crippen molar-refractivity contribution < 1.29 is 22.7 Å². The Balaban J connectivity index is 3.22. The zero-order valence-electron chi connectivity index (χ0n) is 6.27. The molecule has 0 aliphatic heterocycles. The van der Waals surface area contributed by atoms with Crippen molar-refractivity contribution in [3.63, 3.8) is 0 Å². The van der Waals surface area contributed by atoms with E-state index in [0.29, 0.717) is 12.3 Å². The summed E-state index contributed by atoms with van der Waals surface area (Å²) < 4.78 is 48.6. The molecule has 0 spiro atoms. The first-order chi connectivity index (χ1) is 5.95. The number of aliphatic hydroxyl groups is 1. The molecule has 1 aromatic rings. The van der Waals surface area contributed by atoms with Crippen LogP contribution >= 0.6 is 0 Å². The maximum absolute atomic E-state index is 12.4. The van der Waals surface area contributed by atoms with Gasteiger partial charge in [0, 0.05) is 5.56 Å². The molecule has 0 bridgehead atoms. The van der Waals surface area contributed by atoms with E-state index in [1.165, 1.54) is 0 Å². The predicted molar refractivity (Wildman–Crippen MR) is 35.1 cm³/mol. The van der Waals surface area contributed by atoms with Gasteiger partial charge in [-0.25, -0.2) is 9.37 Å². The molecule has 0 unspecified atom stereocenters. The van der Waals surface area contributed by atoms with Crippen LogP contribution in [-0.2, 0) is 12.8 Å². The fourth-order valence-corrected chi connectivity index (χ4v) is 0.857. The van der Waals surface area contributed by atoms with Crippen LogP contribution in [0.25, 0.3) is 0 Å². The quantitative estimate of drug-likeness (QED) is 0.692. The Morgan fingerprint density at radius 3 is 2.46 bits per heavy atom. The van der Waals surface area contributed by atoms with Gasteiger partial charge in [0.2, 0.25) is 0 Å². The molecule has 0 aliphatic rings. The van der Waals surface area contributed by atoms with Gasteiger partial charge in [-0.15, -0.1) is 0 Å². The number of halogens is 4. The molecule has 1 aromatic heterocycles. The Hall–Kier alpha value is -1.17. The van der Waals surface area contributed by atoms with Crippen LogP contribution in [0.15, 0.2) is 12.3 Å². The van der Waals surface area contributed by atoms with Gasteiger partial charge in [-0.3, -0.25) is 0 Å². The second-order valence-electron chi connectivity index (χ2n) is 2.32. The van der Waals surface area contributed by atoms with Crippen LogP contribution in [0, 0.1) is 5.82 Å². The number of hydrogen-bond acceptors (Lipinski definition) is 2. The maximum Gasteiger partial charge on any atom is 0.433 e. The van der Waals surface area contributed by atoms with E-state index in [2.05, 4.69) is 4.98 Å². The summed E-state index contributed by atoms with van der Waals surface area (Å²) in [7, 11) is 0. The number of nitrogens with zero attached hydrogens (tertiary/aromatic N) is 1. The summed E-state index contributed by atoms with van der Waals surface area (Å²) in [5.41, 5.74) is -1.82. The third-order valence-electron chi connectivity index (χ3n) is 1.37. The fraction of sp³-hybridized carbons (Fsp3) is 0.286. The van der Waals surface area contributed by atoms with Crippen molar-refractivity contribution in [2.75, 3.05) is 0 Å².